The van der Waals surface area contributed by atoms with Gasteiger partial charge < -0.3 is 60.5 Å². The number of hydrogen-bond donors (Lipinski definition) is 4. The summed E-state index contributed by atoms with van der Waals surface area (Å²) in [5, 5.41) is 19.0. The van der Waals surface area contributed by atoms with Gasteiger partial charge in [0.2, 0.25) is 0 Å². The number of hydrogen-bond acceptors (Lipinski definition) is 8. The summed E-state index contributed by atoms with van der Waals surface area (Å²) in [5.74, 6) is -0.475. The molecule has 4 heterocycles. The summed E-state index contributed by atoms with van der Waals surface area (Å²) in [4.78, 5) is 67.9. The molecule has 4 saturated heterocycles. The van der Waals surface area contributed by atoms with Crippen LogP contribution in [0.15, 0.2) is 267 Å². The van der Waals surface area contributed by atoms with E-state index in [1.54, 1.807) is 47.4 Å². The van der Waals surface area contributed by atoms with E-state index in [0.717, 1.165) is 78.8 Å². The first-order chi connectivity index (χ1) is 59.6. The Kier molecular flexibility index (Phi) is 31.9. The Morgan fingerprint density at radius 1 is 0.274 bits per heavy atom. The zero-order chi connectivity index (χ0) is 87.8. The van der Waals surface area contributed by atoms with Crippen LogP contribution in [0.4, 0.5) is 69.1 Å². The largest absolute Gasteiger partial charge is 0.360 e. The molecule has 8 amide bonds. The summed E-state index contributed by atoms with van der Waals surface area (Å²) in [6, 6.07) is 80.8. The van der Waals surface area contributed by atoms with Gasteiger partial charge in [0.25, 0.3) is 0 Å². The minimum atomic E-state index is -0.475. The van der Waals surface area contributed by atoms with E-state index in [9.17, 15) is 23.6 Å². The fourth-order valence-corrected chi connectivity index (χ4v) is 17.8. The summed E-state index contributed by atoms with van der Waals surface area (Å²) in [5.41, 5.74) is 13.5. The molecule has 12 aromatic carbocycles. The maximum Gasteiger partial charge on any atom is 0.322 e. The van der Waals surface area contributed by atoms with Crippen LogP contribution in [0.3, 0.4) is 0 Å². The Morgan fingerprint density at radius 3 is 0.879 bits per heavy atom. The second-order valence-corrected chi connectivity index (χ2v) is 35.1. The van der Waals surface area contributed by atoms with Gasteiger partial charge >= 0.3 is 24.1 Å². The van der Waals surface area contributed by atoms with Crippen molar-refractivity contribution >= 4 is 209 Å². The number of nitrogens with one attached hydrogen (secondary N) is 4. The SMILES string of the molecule is Cc1ccc(NC(=O)N2CCN(c3ccc(Cl)cc3Cl)C(c3ccc(Cl)cc3)C2)cc1.Cc1cccc(NC(=O)N2CCN(c3ccc(Cl)cc3Cl)C(c3ccc(Cl)cc3)C2)c1.Cc1ccccc1NC(=O)N1CCN(c2ccc(Cl)cc2Cl)C(c2ccc(Cl)cc2)C1.O=C(Nc1ccccc1F)N1CCN(c2ccc(Cl)cc2Cl)C(c2ccc(Cl)cc2)C1. The van der Waals surface area contributed by atoms with E-state index in [1.165, 1.54) is 12.1 Å². The lowest BCUT2D eigenvalue weighted by Gasteiger charge is -2.43. The first kappa shape index (κ1) is 92.0. The average Bonchev–Trinajstić information content (AvgIpc) is 0.799. The van der Waals surface area contributed by atoms with Crippen molar-refractivity contribution in [2.75, 3.05) is 119 Å². The molecule has 0 spiro atoms. The van der Waals surface area contributed by atoms with Crippen LogP contribution in [0, 0.1) is 26.6 Å². The van der Waals surface area contributed by atoms with Gasteiger partial charge in [-0.05, 0) is 218 Å². The number of urea groups is 4. The van der Waals surface area contributed by atoms with E-state index in [-0.39, 0.29) is 54.0 Å². The third-order valence-corrected chi connectivity index (χ3v) is 24.8. The molecule has 124 heavy (non-hydrogen) atoms. The highest BCUT2D eigenvalue weighted by atomic mass is 35.5. The van der Waals surface area contributed by atoms with Crippen molar-refractivity contribution in [3.63, 3.8) is 0 Å². The molecule has 4 aliphatic heterocycles. The number of para-hydroxylation sites is 2. The molecule has 29 heteroatoms. The van der Waals surface area contributed by atoms with Crippen LogP contribution in [0.2, 0.25) is 60.3 Å². The number of nitrogens with zero attached hydrogens (tertiary/aromatic N) is 8. The molecule has 640 valence electrons. The molecule has 0 aromatic heterocycles. The molecule has 4 aliphatic rings. The normalized spacial score (nSPS) is 16.3. The van der Waals surface area contributed by atoms with Crippen LogP contribution >= 0.6 is 139 Å². The van der Waals surface area contributed by atoms with Crippen molar-refractivity contribution in [1.82, 2.24) is 19.6 Å². The summed E-state index contributed by atoms with van der Waals surface area (Å²) in [7, 11) is 0. The van der Waals surface area contributed by atoms with Crippen molar-refractivity contribution in [3.8, 4) is 0 Å². The van der Waals surface area contributed by atoms with Crippen LogP contribution in [-0.4, -0.2) is 122 Å². The van der Waals surface area contributed by atoms with Crippen LogP contribution < -0.4 is 40.9 Å². The van der Waals surface area contributed by atoms with Gasteiger partial charge in [-0.3, -0.25) is 0 Å². The molecule has 12 aromatic rings. The van der Waals surface area contributed by atoms with E-state index in [4.69, 9.17) is 139 Å². The smallest absolute Gasteiger partial charge is 0.322 e. The number of rotatable bonds is 12. The highest BCUT2D eigenvalue weighted by Crippen LogP contribution is 2.43. The molecular weight excluding hydrogens is 1820 g/mol. The van der Waals surface area contributed by atoms with Gasteiger partial charge in [-0.15, -0.1) is 0 Å². The molecule has 0 radical (unpaired) electrons. The van der Waals surface area contributed by atoms with Crippen molar-refractivity contribution in [2.24, 2.45) is 0 Å². The Morgan fingerprint density at radius 2 is 0.565 bits per heavy atom. The molecule has 16 rings (SSSR count). The number of aryl methyl sites for hydroxylation is 3. The fourth-order valence-electron chi connectivity index (χ4n) is 15.2. The fraction of sp³-hybridized carbons (Fsp3) is 0.200. The molecule has 0 aliphatic carbocycles. The molecule has 4 atom stereocenters. The molecule has 4 unspecified atom stereocenters. The van der Waals surface area contributed by atoms with Crippen molar-refractivity contribution in [3.05, 3.63) is 372 Å². The monoisotopic (exact) mass is 1900 g/mol. The quantitative estimate of drug-likeness (QED) is 0.0947. The van der Waals surface area contributed by atoms with Crippen molar-refractivity contribution < 1.29 is 23.6 Å². The van der Waals surface area contributed by atoms with E-state index in [1.807, 2.05) is 248 Å². The minimum absolute atomic E-state index is 0.0755. The Hall–Kier alpha value is -9.67. The van der Waals surface area contributed by atoms with Gasteiger partial charge in [0.1, 0.15) is 5.82 Å². The van der Waals surface area contributed by atoms with E-state index in [2.05, 4.69) is 40.9 Å². The predicted molar refractivity (Wildman–Crippen MR) is 514 cm³/mol. The molecule has 16 nitrogen and oxygen atoms in total. The topological polar surface area (TPSA) is 142 Å². The zero-order valence-corrected chi connectivity index (χ0v) is 76.4. The number of carbonyl (C=O) groups excluding carboxylic acids is 4. The standard InChI is InChI=1S/3C24H22Cl3N3O.C23H19Cl3FN3O/c1-16-2-9-20(10-3-16)28-24(31)29-12-13-30(22-11-8-19(26)14-21(22)27)23(15-29)17-4-6-18(25)7-5-17;1-16-3-2-4-20(13-16)28-24(31)29-11-12-30(22-10-9-19(26)14-21(22)27)23(15-29)17-5-7-18(25)8-6-17;1-16-4-2-3-5-21(16)28-24(31)29-12-13-30(22-11-10-19(26)14-20(22)27)23(15-29)17-6-8-18(25)9-7-17;24-16-7-5-15(6-8-16)22-14-29(23(31)28-20-4-2-1-3-19(20)27)11-12-30(22)21-10-9-17(25)13-18(21)26/h2-11,14,23H,12-13,15H2,1H3,(H,28,31);2-10,13-14,23H,11-12,15H2,1H3,(H,28,31);2-11,14,23H,12-13,15H2,1H3,(H,28,31);1-10,13,22H,11-12,14H2,(H,28,31). The third kappa shape index (κ3) is 24.1. The van der Waals surface area contributed by atoms with Gasteiger partial charge in [-0.2, -0.15) is 0 Å². The average molecular weight is 1900 g/mol. The van der Waals surface area contributed by atoms with E-state index in [0.29, 0.717) is 139 Å². The van der Waals surface area contributed by atoms with Crippen LogP contribution in [0.1, 0.15) is 63.1 Å². The maximum absolute atomic E-state index is 14.0. The van der Waals surface area contributed by atoms with Crippen LogP contribution in [0.5, 0.6) is 0 Å². The Labute approximate surface area is 781 Å². The summed E-state index contributed by atoms with van der Waals surface area (Å²) in [6.45, 7) is 12.5. The zero-order valence-electron chi connectivity index (χ0n) is 67.3. The lowest BCUT2D eigenvalue weighted by molar-refractivity contribution is 0.198. The Bertz CT molecular complexity index is 5560. The van der Waals surface area contributed by atoms with Gasteiger partial charge in [-0.25, -0.2) is 23.6 Å². The number of halogens is 13. The van der Waals surface area contributed by atoms with Crippen molar-refractivity contribution in [2.45, 2.75) is 44.9 Å². The third-order valence-electron chi connectivity index (χ3n) is 21.6. The number of benzene rings is 12. The number of carbonyl (C=O) groups is 4. The Balaban J connectivity index is 0.000000142. The highest BCUT2D eigenvalue weighted by molar-refractivity contribution is 6.38. The first-order valence-electron chi connectivity index (χ1n) is 39.7. The number of piperazine rings is 4. The molecular formula is C95H85Cl12FN12O4. The number of amides is 8. The first-order valence-corrected chi connectivity index (χ1v) is 44.2. The summed E-state index contributed by atoms with van der Waals surface area (Å²) < 4.78 is 14.0. The molecule has 0 saturated carbocycles. The second kappa shape index (κ2) is 43.0. The predicted octanol–water partition coefficient (Wildman–Crippen LogP) is 28.0. The van der Waals surface area contributed by atoms with Gasteiger partial charge in [-0.1, -0.05) is 248 Å². The second-order valence-electron chi connectivity index (χ2n) is 30.0. The summed E-state index contributed by atoms with van der Waals surface area (Å²) in [6.07, 6.45) is 0. The van der Waals surface area contributed by atoms with Gasteiger partial charge in [0, 0.05) is 136 Å². The van der Waals surface area contributed by atoms with Gasteiger partial charge in [0.15, 0.2) is 0 Å². The lowest BCUT2D eigenvalue weighted by atomic mass is 10.0. The summed E-state index contributed by atoms with van der Waals surface area (Å²) >= 11 is 74.8. The molecule has 4 fully saturated rings. The van der Waals surface area contributed by atoms with E-state index < -0.39 is 5.82 Å². The van der Waals surface area contributed by atoms with Crippen LogP contribution in [0.25, 0.3) is 0 Å². The highest BCUT2D eigenvalue weighted by Gasteiger charge is 2.37. The number of anilines is 8. The molecule has 0 bridgehead atoms. The van der Waals surface area contributed by atoms with Crippen LogP contribution in [-0.2, 0) is 0 Å². The molecule has 4 N–H and O–H groups in total. The van der Waals surface area contributed by atoms with Gasteiger partial charge in [0.05, 0.1) is 72.7 Å². The van der Waals surface area contributed by atoms with E-state index >= 15 is 0 Å². The lowest BCUT2D eigenvalue weighted by Crippen LogP contribution is -2.52. The maximum atomic E-state index is 14.0. The van der Waals surface area contributed by atoms with Crippen molar-refractivity contribution in [1.29, 1.82) is 0 Å². The minimum Gasteiger partial charge on any atom is -0.360 e.